The van der Waals surface area contributed by atoms with Crippen molar-refractivity contribution in [2.24, 2.45) is 5.73 Å². The van der Waals surface area contributed by atoms with Gasteiger partial charge in [-0.2, -0.15) is 0 Å². The van der Waals surface area contributed by atoms with Crippen LogP contribution in [0.1, 0.15) is 22.8 Å². The second-order valence-corrected chi connectivity index (χ2v) is 3.92. The maximum Gasteiger partial charge on any atom is 0.249 e. The summed E-state index contributed by atoms with van der Waals surface area (Å²) in [5.41, 5.74) is 9.07. The fourth-order valence-corrected chi connectivity index (χ4v) is 2.04. The van der Waals surface area contributed by atoms with Crippen molar-refractivity contribution < 1.29 is 4.79 Å². The molecule has 0 radical (unpaired) electrons. The van der Waals surface area contributed by atoms with Crippen molar-refractivity contribution in [3.8, 4) is 11.1 Å². The number of rotatable bonds is 3. The molecule has 2 N–H and O–H groups in total. The molecule has 0 heterocycles. The second kappa shape index (κ2) is 4.83. The molecule has 2 aromatic rings. The van der Waals surface area contributed by atoms with Gasteiger partial charge >= 0.3 is 0 Å². The lowest BCUT2D eigenvalue weighted by Crippen LogP contribution is -2.15. The number of carbonyl (C=O) groups excluding carboxylic acids is 1. The first-order chi connectivity index (χ1) is 8.24. The van der Waals surface area contributed by atoms with Crippen LogP contribution in [0.25, 0.3) is 11.1 Å². The first-order valence-corrected chi connectivity index (χ1v) is 5.71. The van der Waals surface area contributed by atoms with Crippen LogP contribution in [0.15, 0.2) is 48.5 Å². The van der Waals surface area contributed by atoms with Crippen LogP contribution in [0.2, 0.25) is 0 Å². The molecule has 0 unspecified atom stereocenters. The van der Waals surface area contributed by atoms with E-state index in [1.807, 2.05) is 55.5 Å². The van der Waals surface area contributed by atoms with Crippen LogP contribution in [0.3, 0.4) is 0 Å². The summed E-state index contributed by atoms with van der Waals surface area (Å²) in [6.07, 6.45) is 0.805. The van der Waals surface area contributed by atoms with Crippen LogP contribution in [0, 0.1) is 0 Å². The van der Waals surface area contributed by atoms with E-state index in [4.69, 9.17) is 5.73 Å². The van der Waals surface area contributed by atoms with Crippen LogP contribution < -0.4 is 5.73 Å². The Balaban J connectivity index is 2.66. The average Bonchev–Trinajstić information content (AvgIpc) is 2.38. The van der Waals surface area contributed by atoms with Gasteiger partial charge in [0.25, 0.3) is 0 Å². The molecule has 0 aliphatic carbocycles. The van der Waals surface area contributed by atoms with E-state index in [2.05, 4.69) is 0 Å². The van der Waals surface area contributed by atoms with E-state index in [9.17, 15) is 4.79 Å². The van der Waals surface area contributed by atoms with Crippen molar-refractivity contribution in [1.29, 1.82) is 0 Å². The van der Waals surface area contributed by atoms with Crippen LogP contribution in [0.5, 0.6) is 0 Å². The zero-order valence-electron chi connectivity index (χ0n) is 9.81. The molecule has 2 rings (SSSR count). The molecule has 1 amide bonds. The normalized spacial score (nSPS) is 10.2. The Hall–Kier alpha value is -2.09. The molecule has 17 heavy (non-hydrogen) atoms. The quantitative estimate of drug-likeness (QED) is 0.857. The largest absolute Gasteiger partial charge is 0.366 e. The number of carbonyl (C=O) groups is 1. The lowest BCUT2D eigenvalue weighted by Gasteiger charge is -2.11. The van der Waals surface area contributed by atoms with Gasteiger partial charge in [0.15, 0.2) is 0 Å². The first-order valence-electron chi connectivity index (χ1n) is 5.71. The topological polar surface area (TPSA) is 43.1 Å². The first kappa shape index (κ1) is 11.4. The van der Waals surface area contributed by atoms with Crippen molar-refractivity contribution in [3.63, 3.8) is 0 Å². The number of amides is 1. The summed E-state index contributed by atoms with van der Waals surface area (Å²) < 4.78 is 0. The smallest absolute Gasteiger partial charge is 0.249 e. The summed E-state index contributed by atoms with van der Waals surface area (Å²) in [5, 5.41) is 0. The van der Waals surface area contributed by atoms with Crippen LogP contribution >= 0.6 is 0 Å². The highest BCUT2D eigenvalue weighted by molar-refractivity contribution is 6.01. The highest BCUT2D eigenvalue weighted by Crippen LogP contribution is 2.26. The summed E-state index contributed by atoms with van der Waals surface area (Å²) in [7, 11) is 0. The third-order valence-electron chi connectivity index (χ3n) is 2.86. The maximum absolute atomic E-state index is 11.6. The standard InChI is InChI=1S/C15H15NO/c1-2-11-9-6-10-13(14(11)15(16)17)12-7-4-3-5-8-12/h3-10H,2H2,1H3,(H2,16,17). The zero-order valence-corrected chi connectivity index (χ0v) is 9.81. The van der Waals surface area contributed by atoms with Gasteiger partial charge in [-0.05, 0) is 23.1 Å². The Bertz CT molecular complexity index is 532. The molecule has 0 aliphatic rings. The molecular formula is C15H15NO. The van der Waals surface area contributed by atoms with E-state index in [0.29, 0.717) is 5.56 Å². The van der Waals surface area contributed by atoms with Crippen LogP contribution in [-0.4, -0.2) is 5.91 Å². The van der Waals surface area contributed by atoms with E-state index in [-0.39, 0.29) is 5.91 Å². The van der Waals surface area contributed by atoms with Gasteiger partial charge in [0.1, 0.15) is 0 Å². The fraction of sp³-hybridized carbons (Fsp3) is 0.133. The average molecular weight is 225 g/mol. The van der Waals surface area contributed by atoms with E-state index >= 15 is 0 Å². The maximum atomic E-state index is 11.6. The minimum atomic E-state index is -0.360. The van der Waals surface area contributed by atoms with Crippen molar-refractivity contribution in [1.82, 2.24) is 0 Å². The van der Waals surface area contributed by atoms with E-state index in [1.165, 1.54) is 0 Å². The Labute approximate surface area is 101 Å². The van der Waals surface area contributed by atoms with Crippen LogP contribution in [0.4, 0.5) is 0 Å². The predicted octanol–water partition coefficient (Wildman–Crippen LogP) is 3.01. The highest BCUT2D eigenvalue weighted by Gasteiger charge is 2.13. The van der Waals surface area contributed by atoms with Crippen LogP contribution in [-0.2, 0) is 6.42 Å². The molecule has 0 saturated heterocycles. The summed E-state index contributed by atoms with van der Waals surface area (Å²) >= 11 is 0. The molecular weight excluding hydrogens is 210 g/mol. The Morgan fingerprint density at radius 3 is 2.35 bits per heavy atom. The lowest BCUT2D eigenvalue weighted by atomic mass is 9.94. The monoisotopic (exact) mass is 225 g/mol. The second-order valence-electron chi connectivity index (χ2n) is 3.92. The lowest BCUT2D eigenvalue weighted by molar-refractivity contribution is 0.1000. The van der Waals surface area contributed by atoms with Crippen molar-refractivity contribution in [2.75, 3.05) is 0 Å². The molecule has 2 nitrogen and oxygen atoms in total. The minimum absolute atomic E-state index is 0.360. The third-order valence-corrected chi connectivity index (χ3v) is 2.86. The predicted molar refractivity (Wildman–Crippen MR) is 69.8 cm³/mol. The Kier molecular flexibility index (Phi) is 3.24. The van der Waals surface area contributed by atoms with Gasteiger partial charge in [0.2, 0.25) is 5.91 Å². The summed E-state index contributed by atoms with van der Waals surface area (Å²) in [6.45, 7) is 2.02. The molecule has 0 spiro atoms. The van der Waals surface area contributed by atoms with E-state index in [1.54, 1.807) is 0 Å². The number of nitrogens with two attached hydrogens (primary N) is 1. The summed E-state index contributed by atoms with van der Waals surface area (Å²) in [4.78, 5) is 11.6. The van der Waals surface area contributed by atoms with Crippen molar-refractivity contribution >= 4 is 5.91 Å². The van der Waals surface area contributed by atoms with Gasteiger partial charge in [-0.25, -0.2) is 0 Å². The molecule has 2 heteroatoms. The van der Waals surface area contributed by atoms with Gasteiger partial charge in [0, 0.05) is 0 Å². The van der Waals surface area contributed by atoms with Gasteiger partial charge in [-0.1, -0.05) is 55.5 Å². The number of benzene rings is 2. The molecule has 0 atom stereocenters. The third kappa shape index (κ3) is 2.21. The molecule has 2 aromatic carbocycles. The fourth-order valence-electron chi connectivity index (χ4n) is 2.04. The van der Waals surface area contributed by atoms with Gasteiger partial charge in [-0.3, -0.25) is 4.79 Å². The number of hydrogen-bond donors (Lipinski definition) is 1. The summed E-state index contributed by atoms with van der Waals surface area (Å²) in [5.74, 6) is -0.360. The van der Waals surface area contributed by atoms with Crippen molar-refractivity contribution in [2.45, 2.75) is 13.3 Å². The molecule has 0 bridgehead atoms. The van der Waals surface area contributed by atoms with Gasteiger partial charge in [-0.15, -0.1) is 0 Å². The molecule has 0 fully saturated rings. The van der Waals surface area contributed by atoms with E-state index in [0.717, 1.165) is 23.1 Å². The SMILES string of the molecule is CCc1cccc(-c2ccccc2)c1C(N)=O. The van der Waals surface area contributed by atoms with E-state index < -0.39 is 0 Å². The highest BCUT2D eigenvalue weighted by atomic mass is 16.1. The zero-order chi connectivity index (χ0) is 12.3. The molecule has 86 valence electrons. The minimum Gasteiger partial charge on any atom is -0.366 e. The number of primary amides is 1. The summed E-state index contributed by atoms with van der Waals surface area (Å²) in [6, 6.07) is 15.7. The molecule has 0 aliphatic heterocycles. The molecule has 0 saturated carbocycles. The molecule has 0 aromatic heterocycles. The Morgan fingerprint density at radius 2 is 1.76 bits per heavy atom. The van der Waals surface area contributed by atoms with Crippen molar-refractivity contribution in [3.05, 3.63) is 59.7 Å². The number of hydrogen-bond acceptors (Lipinski definition) is 1. The van der Waals surface area contributed by atoms with Gasteiger partial charge < -0.3 is 5.73 Å². The number of aryl methyl sites for hydroxylation is 1. The van der Waals surface area contributed by atoms with Gasteiger partial charge in [0.05, 0.1) is 5.56 Å². The Morgan fingerprint density at radius 1 is 1.06 bits per heavy atom.